The number of hydrogen-bond acceptors (Lipinski definition) is 3. The smallest absolute Gasteiger partial charge is 0.338 e. The van der Waals surface area contributed by atoms with Crippen LogP contribution in [0.1, 0.15) is 22.0 Å². The third-order valence-corrected chi connectivity index (χ3v) is 2.15. The number of carbonyl (C=O) groups is 1. The number of nitrogens with two attached hydrogens (primary N) is 1. The lowest BCUT2D eigenvalue weighted by atomic mass is 10.1. The molecule has 1 aliphatic rings. The zero-order valence-electron chi connectivity index (χ0n) is 7.16. The molecule has 0 amide bonds. The number of rotatable bonds is 1. The van der Waals surface area contributed by atoms with E-state index in [1.807, 2.05) is 0 Å². The fourth-order valence-electron chi connectivity index (χ4n) is 1.42. The molecule has 0 aromatic heterocycles. The van der Waals surface area contributed by atoms with E-state index in [0.29, 0.717) is 11.3 Å². The molecule has 1 aromatic carbocycles. The van der Waals surface area contributed by atoms with E-state index >= 15 is 0 Å². The monoisotopic (exact) mass is 197 g/mol. The van der Waals surface area contributed by atoms with Crippen LogP contribution in [-0.2, 0) is 0 Å². The average Bonchev–Trinajstić information content (AvgIpc) is 2.46. The predicted molar refractivity (Wildman–Crippen MR) is 45.8 cm³/mol. The standard InChI is InChI=1S/C9H8FNO3/c10-6-2-8-5(7(11)3-14-8)1-4(6)9(12)13/h1-2,7H,3,11H2,(H,12,13)/t7-/m1/s1. The van der Waals surface area contributed by atoms with Gasteiger partial charge in [0.25, 0.3) is 0 Å². The van der Waals surface area contributed by atoms with Crippen LogP contribution in [-0.4, -0.2) is 17.7 Å². The maximum Gasteiger partial charge on any atom is 0.338 e. The van der Waals surface area contributed by atoms with Gasteiger partial charge in [-0.15, -0.1) is 0 Å². The molecule has 0 fully saturated rings. The molecule has 14 heavy (non-hydrogen) atoms. The van der Waals surface area contributed by atoms with Crippen LogP contribution in [0.2, 0.25) is 0 Å². The molecule has 1 atom stereocenters. The molecule has 4 nitrogen and oxygen atoms in total. The van der Waals surface area contributed by atoms with E-state index in [-0.39, 0.29) is 18.2 Å². The summed E-state index contributed by atoms with van der Waals surface area (Å²) in [5, 5.41) is 8.66. The Morgan fingerprint density at radius 2 is 2.36 bits per heavy atom. The van der Waals surface area contributed by atoms with Crippen molar-refractivity contribution < 1.29 is 19.0 Å². The molecular formula is C9H8FNO3. The van der Waals surface area contributed by atoms with Gasteiger partial charge in [0, 0.05) is 11.6 Å². The minimum Gasteiger partial charge on any atom is -0.491 e. The summed E-state index contributed by atoms with van der Waals surface area (Å²) in [5.41, 5.74) is 5.80. The van der Waals surface area contributed by atoms with Crippen LogP contribution in [0.4, 0.5) is 4.39 Å². The lowest BCUT2D eigenvalue weighted by molar-refractivity contribution is 0.0692. The highest BCUT2D eigenvalue weighted by Gasteiger charge is 2.24. The Hall–Kier alpha value is -1.62. The van der Waals surface area contributed by atoms with E-state index in [1.165, 1.54) is 6.07 Å². The van der Waals surface area contributed by atoms with Crippen LogP contribution >= 0.6 is 0 Å². The number of halogens is 1. The fraction of sp³-hybridized carbons (Fsp3) is 0.222. The second-order valence-corrected chi connectivity index (χ2v) is 3.09. The van der Waals surface area contributed by atoms with Crippen molar-refractivity contribution in [2.75, 3.05) is 6.61 Å². The largest absolute Gasteiger partial charge is 0.491 e. The van der Waals surface area contributed by atoms with Gasteiger partial charge in [-0.3, -0.25) is 0 Å². The average molecular weight is 197 g/mol. The number of carboxylic acid groups (broad SMARTS) is 1. The van der Waals surface area contributed by atoms with Gasteiger partial charge in [0.2, 0.25) is 0 Å². The third kappa shape index (κ3) is 1.22. The third-order valence-electron chi connectivity index (χ3n) is 2.15. The van der Waals surface area contributed by atoms with Gasteiger partial charge in [-0.25, -0.2) is 9.18 Å². The first-order chi connectivity index (χ1) is 6.59. The van der Waals surface area contributed by atoms with E-state index in [9.17, 15) is 9.18 Å². The van der Waals surface area contributed by atoms with Gasteiger partial charge in [-0.05, 0) is 6.07 Å². The molecule has 0 saturated carbocycles. The molecule has 0 spiro atoms. The van der Waals surface area contributed by atoms with Gasteiger partial charge >= 0.3 is 5.97 Å². The summed E-state index contributed by atoms with van der Waals surface area (Å²) >= 11 is 0. The number of aromatic carboxylic acids is 1. The van der Waals surface area contributed by atoms with Crippen molar-refractivity contribution in [3.8, 4) is 5.75 Å². The van der Waals surface area contributed by atoms with Crippen molar-refractivity contribution >= 4 is 5.97 Å². The van der Waals surface area contributed by atoms with Crippen LogP contribution in [0.3, 0.4) is 0 Å². The summed E-state index contributed by atoms with van der Waals surface area (Å²) in [6.07, 6.45) is 0. The Kier molecular flexibility index (Phi) is 1.89. The Bertz CT molecular complexity index is 405. The highest BCUT2D eigenvalue weighted by Crippen LogP contribution is 2.32. The van der Waals surface area contributed by atoms with Crippen LogP contribution in [0.15, 0.2) is 12.1 Å². The molecule has 2 rings (SSSR count). The molecule has 74 valence electrons. The first-order valence-corrected chi connectivity index (χ1v) is 4.04. The molecule has 3 N–H and O–H groups in total. The van der Waals surface area contributed by atoms with Gasteiger partial charge < -0.3 is 15.6 Å². The first kappa shape index (κ1) is 8.96. The van der Waals surface area contributed by atoms with Gasteiger partial charge in [0.15, 0.2) is 0 Å². The second-order valence-electron chi connectivity index (χ2n) is 3.09. The molecule has 0 radical (unpaired) electrons. The lowest BCUT2D eigenvalue weighted by Gasteiger charge is -2.03. The molecule has 0 aliphatic carbocycles. The van der Waals surface area contributed by atoms with E-state index in [2.05, 4.69) is 0 Å². The topological polar surface area (TPSA) is 72.5 Å². The molecular weight excluding hydrogens is 189 g/mol. The Balaban J connectivity index is 2.57. The molecule has 0 saturated heterocycles. The SMILES string of the molecule is N[C@@H]1COc2cc(F)c(C(=O)O)cc21. The zero-order valence-corrected chi connectivity index (χ0v) is 7.16. The summed E-state index contributed by atoms with van der Waals surface area (Å²) in [5.74, 6) is -1.77. The Labute approximate surface area is 79.1 Å². The number of ether oxygens (including phenoxy) is 1. The minimum atomic E-state index is -1.30. The van der Waals surface area contributed by atoms with Gasteiger partial charge in [-0.1, -0.05) is 0 Å². The molecule has 1 aromatic rings. The number of hydrogen-bond donors (Lipinski definition) is 2. The first-order valence-electron chi connectivity index (χ1n) is 4.04. The van der Waals surface area contributed by atoms with Crippen molar-refractivity contribution in [1.29, 1.82) is 0 Å². The fourth-order valence-corrected chi connectivity index (χ4v) is 1.42. The molecule has 0 bridgehead atoms. The normalized spacial score (nSPS) is 18.9. The van der Waals surface area contributed by atoms with E-state index < -0.39 is 11.8 Å². The predicted octanol–water partition coefficient (Wildman–Crippen LogP) is 0.916. The number of benzene rings is 1. The van der Waals surface area contributed by atoms with Gasteiger partial charge in [-0.2, -0.15) is 0 Å². The maximum absolute atomic E-state index is 13.1. The van der Waals surface area contributed by atoms with Crippen LogP contribution < -0.4 is 10.5 Å². The summed E-state index contributed by atoms with van der Waals surface area (Å²) < 4.78 is 18.2. The second kappa shape index (κ2) is 2.95. The van der Waals surface area contributed by atoms with Crippen molar-refractivity contribution in [3.05, 3.63) is 29.1 Å². The summed E-state index contributed by atoms with van der Waals surface area (Å²) in [7, 11) is 0. The molecule has 1 heterocycles. The van der Waals surface area contributed by atoms with Crippen molar-refractivity contribution in [1.82, 2.24) is 0 Å². The van der Waals surface area contributed by atoms with E-state index in [1.54, 1.807) is 0 Å². The highest BCUT2D eigenvalue weighted by molar-refractivity contribution is 5.88. The summed E-state index contributed by atoms with van der Waals surface area (Å²) in [6.45, 7) is 0.262. The van der Waals surface area contributed by atoms with Crippen LogP contribution in [0.5, 0.6) is 5.75 Å². The molecule has 5 heteroatoms. The van der Waals surface area contributed by atoms with E-state index in [4.69, 9.17) is 15.6 Å². The summed E-state index contributed by atoms with van der Waals surface area (Å²) in [4.78, 5) is 10.6. The van der Waals surface area contributed by atoms with Crippen LogP contribution in [0.25, 0.3) is 0 Å². The molecule has 0 unspecified atom stereocenters. The minimum absolute atomic E-state index is 0.262. The van der Waals surface area contributed by atoms with Gasteiger partial charge in [0.1, 0.15) is 18.2 Å². The van der Waals surface area contributed by atoms with Crippen molar-refractivity contribution in [2.24, 2.45) is 5.73 Å². The Morgan fingerprint density at radius 1 is 1.64 bits per heavy atom. The molecule has 1 aliphatic heterocycles. The lowest BCUT2D eigenvalue weighted by Crippen LogP contribution is -2.11. The van der Waals surface area contributed by atoms with Crippen molar-refractivity contribution in [3.63, 3.8) is 0 Å². The van der Waals surface area contributed by atoms with E-state index in [0.717, 1.165) is 6.07 Å². The maximum atomic E-state index is 13.1. The quantitative estimate of drug-likeness (QED) is 0.702. The van der Waals surface area contributed by atoms with Crippen LogP contribution in [0, 0.1) is 5.82 Å². The zero-order chi connectivity index (χ0) is 10.3. The summed E-state index contributed by atoms with van der Waals surface area (Å²) in [6, 6.07) is 1.92. The Morgan fingerprint density at radius 3 is 3.00 bits per heavy atom. The number of fused-ring (bicyclic) bond motifs is 1. The number of carboxylic acids is 1. The highest BCUT2D eigenvalue weighted by atomic mass is 19.1. The van der Waals surface area contributed by atoms with Gasteiger partial charge in [0.05, 0.1) is 11.6 Å². The van der Waals surface area contributed by atoms with Crippen molar-refractivity contribution in [2.45, 2.75) is 6.04 Å².